The fraction of sp³-hybridized carbons (Fsp3) is 0.571. The fourth-order valence-electron chi connectivity index (χ4n) is 2.78. The molecular formula is C14H20ClNO2S. The van der Waals surface area contributed by atoms with E-state index < -0.39 is 9.84 Å². The van der Waals surface area contributed by atoms with Gasteiger partial charge in [-0.15, -0.1) is 0 Å². The van der Waals surface area contributed by atoms with E-state index in [1.807, 2.05) is 31.2 Å². The number of nitrogens with zero attached hydrogens (tertiary/aromatic N) is 1. The van der Waals surface area contributed by atoms with Crippen molar-refractivity contribution >= 4 is 21.4 Å². The topological polar surface area (TPSA) is 37.4 Å². The average Bonchev–Trinajstić information content (AvgIpc) is 2.61. The monoisotopic (exact) mass is 301 g/mol. The van der Waals surface area contributed by atoms with Crippen molar-refractivity contribution in [3.05, 3.63) is 34.9 Å². The lowest BCUT2D eigenvalue weighted by molar-refractivity contribution is 0.124. The van der Waals surface area contributed by atoms with Gasteiger partial charge >= 0.3 is 0 Å². The van der Waals surface area contributed by atoms with Crippen LogP contribution >= 0.6 is 11.6 Å². The van der Waals surface area contributed by atoms with E-state index in [-0.39, 0.29) is 11.3 Å². The molecule has 0 amide bonds. The van der Waals surface area contributed by atoms with Gasteiger partial charge in [0, 0.05) is 17.1 Å². The Morgan fingerprint density at radius 2 is 2.16 bits per heavy atom. The van der Waals surface area contributed by atoms with E-state index in [1.54, 1.807) is 0 Å². The highest BCUT2D eigenvalue weighted by atomic mass is 35.5. The average molecular weight is 302 g/mol. The second-order valence-electron chi connectivity index (χ2n) is 5.48. The molecule has 0 spiro atoms. The van der Waals surface area contributed by atoms with Gasteiger partial charge in [-0.2, -0.15) is 0 Å². The van der Waals surface area contributed by atoms with Crippen LogP contribution in [-0.4, -0.2) is 36.9 Å². The Morgan fingerprint density at radius 3 is 2.68 bits per heavy atom. The Balaban J connectivity index is 2.17. The van der Waals surface area contributed by atoms with Gasteiger partial charge in [-0.3, -0.25) is 4.90 Å². The number of benzene rings is 1. The molecule has 19 heavy (non-hydrogen) atoms. The summed E-state index contributed by atoms with van der Waals surface area (Å²) in [5.41, 5.74) is 0.871. The highest BCUT2D eigenvalue weighted by molar-refractivity contribution is 7.91. The van der Waals surface area contributed by atoms with Crippen molar-refractivity contribution in [1.29, 1.82) is 0 Å². The van der Waals surface area contributed by atoms with E-state index in [1.165, 1.54) is 0 Å². The van der Waals surface area contributed by atoms with Gasteiger partial charge in [0.05, 0.1) is 11.5 Å². The normalized spacial score (nSPS) is 25.9. The second kappa shape index (κ2) is 5.43. The highest BCUT2D eigenvalue weighted by Gasteiger charge is 2.42. The molecule has 5 heteroatoms. The Bertz CT molecular complexity index is 558. The van der Waals surface area contributed by atoms with Crippen LogP contribution in [0.3, 0.4) is 0 Å². The first-order valence-corrected chi connectivity index (χ1v) is 8.74. The Morgan fingerprint density at radius 1 is 1.42 bits per heavy atom. The molecule has 1 fully saturated rings. The summed E-state index contributed by atoms with van der Waals surface area (Å²) >= 11 is 6.00. The molecule has 0 bridgehead atoms. The smallest absolute Gasteiger partial charge is 0.152 e. The first-order valence-electron chi connectivity index (χ1n) is 6.54. The highest BCUT2D eigenvalue weighted by Crippen LogP contribution is 2.30. The first-order chi connectivity index (χ1) is 8.85. The number of rotatable bonds is 4. The van der Waals surface area contributed by atoms with E-state index in [4.69, 9.17) is 11.6 Å². The van der Waals surface area contributed by atoms with Crippen LogP contribution in [0.25, 0.3) is 0 Å². The third-order valence-electron chi connectivity index (χ3n) is 3.89. The number of halogens is 1. The number of sulfone groups is 1. The van der Waals surface area contributed by atoms with Gasteiger partial charge in [-0.05, 0) is 37.6 Å². The van der Waals surface area contributed by atoms with Crippen molar-refractivity contribution in [2.75, 3.05) is 18.1 Å². The summed E-state index contributed by atoms with van der Waals surface area (Å²) in [6, 6.07) is 7.75. The minimum atomic E-state index is -2.88. The lowest BCUT2D eigenvalue weighted by Crippen LogP contribution is -2.46. The molecule has 2 rings (SSSR count). The lowest BCUT2D eigenvalue weighted by Gasteiger charge is -2.37. The van der Waals surface area contributed by atoms with Crippen LogP contribution in [0.15, 0.2) is 24.3 Å². The standard InChI is InChI=1S/C14H20ClNO2S/c1-3-16(10-12-5-4-6-13(15)9-12)14(2)7-8-19(17,18)11-14/h4-6,9H,3,7-8,10-11H2,1-2H3/t14-/m0/s1. The van der Waals surface area contributed by atoms with Gasteiger partial charge in [0.2, 0.25) is 0 Å². The summed E-state index contributed by atoms with van der Waals surface area (Å²) in [7, 11) is -2.88. The quantitative estimate of drug-likeness (QED) is 0.858. The Kier molecular flexibility index (Phi) is 4.23. The zero-order valence-electron chi connectivity index (χ0n) is 11.4. The molecule has 0 N–H and O–H groups in total. The molecule has 0 radical (unpaired) electrons. The van der Waals surface area contributed by atoms with Crippen LogP contribution in [-0.2, 0) is 16.4 Å². The van der Waals surface area contributed by atoms with Crippen LogP contribution in [0.2, 0.25) is 5.02 Å². The van der Waals surface area contributed by atoms with Gasteiger partial charge in [0.25, 0.3) is 0 Å². The molecule has 0 saturated carbocycles. The lowest BCUT2D eigenvalue weighted by atomic mass is 9.98. The van der Waals surface area contributed by atoms with Crippen LogP contribution in [0, 0.1) is 0 Å². The van der Waals surface area contributed by atoms with Crippen LogP contribution in [0.1, 0.15) is 25.8 Å². The van der Waals surface area contributed by atoms with E-state index in [2.05, 4.69) is 11.8 Å². The van der Waals surface area contributed by atoms with Crippen LogP contribution < -0.4 is 0 Å². The molecule has 3 nitrogen and oxygen atoms in total. The molecule has 1 atom stereocenters. The van der Waals surface area contributed by atoms with Crippen molar-refractivity contribution in [2.45, 2.75) is 32.4 Å². The summed E-state index contributed by atoms with van der Waals surface area (Å²) in [6.07, 6.45) is 0.712. The van der Waals surface area contributed by atoms with Crippen LogP contribution in [0.4, 0.5) is 0 Å². The SMILES string of the molecule is CCN(Cc1cccc(Cl)c1)[C@@]1(C)CCS(=O)(=O)C1. The van der Waals surface area contributed by atoms with Gasteiger partial charge in [0.15, 0.2) is 9.84 Å². The third kappa shape index (κ3) is 3.50. The summed E-state index contributed by atoms with van der Waals surface area (Å²) in [4.78, 5) is 2.24. The minimum absolute atomic E-state index is 0.254. The van der Waals surface area contributed by atoms with Crippen molar-refractivity contribution in [1.82, 2.24) is 4.90 Å². The number of hydrogen-bond acceptors (Lipinski definition) is 3. The van der Waals surface area contributed by atoms with Gasteiger partial charge < -0.3 is 0 Å². The second-order valence-corrected chi connectivity index (χ2v) is 8.10. The predicted octanol–water partition coefficient (Wildman–Crippen LogP) is 2.74. The number of hydrogen-bond donors (Lipinski definition) is 0. The molecule has 0 unspecified atom stereocenters. The predicted molar refractivity (Wildman–Crippen MR) is 79.2 cm³/mol. The first kappa shape index (κ1) is 14.8. The van der Waals surface area contributed by atoms with E-state index >= 15 is 0 Å². The summed E-state index contributed by atoms with van der Waals surface area (Å²) in [5, 5.41) is 0.720. The molecule has 1 aromatic carbocycles. The van der Waals surface area contributed by atoms with Crippen molar-refractivity contribution in [3.63, 3.8) is 0 Å². The summed E-state index contributed by atoms with van der Waals surface area (Å²) in [6.45, 7) is 5.69. The minimum Gasteiger partial charge on any atom is -0.293 e. The van der Waals surface area contributed by atoms with Gasteiger partial charge in [-0.25, -0.2) is 8.42 Å². The summed E-state index contributed by atoms with van der Waals surface area (Å²) < 4.78 is 23.5. The van der Waals surface area contributed by atoms with Crippen molar-refractivity contribution < 1.29 is 8.42 Å². The maximum absolute atomic E-state index is 11.7. The zero-order valence-corrected chi connectivity index (χ0v) is 13.0. The Hall–Kier alpha value is -0.580. The largest absolute Gasteiger partial charge is 0.293 e. The molecule has 1 aliphatic heterocycles. The molecular weight excluding hydrogens is 282 g/mol. The van der Waals surface area contributed by atoms with Gasteiger partial charge in [-0.1, -0.05) is 30.7 Å². The molecule has 0 aliphatic carbocycles. The third-order valence-corrected chi connectivity index (χ3v) is 6.01. The molecule has 1 heterocycles. The Labute approximate surface area is 120 Å². The molecule has 0 aromatic heterocycles. The van der Waals surface area contributed by atoms with E-state index in [0.29, 0.717) is 12.2 Å². The van der Waals surface area contributed by atoms with E-state index in [0.717, 1.165) is 23.7 Å². The molecule has 1 saturated heterocycles. The van der Waals surface area contributed by atoms with E-state index in [9.17, 15) is 8.42 Å². The summed E-state index contributed by atoms with van der Waals surface area (Å²) in [5.74, 6) is 0.559. The zero-order chi connectivity index (χ0) is 14.1. The molecule has 106 valence electrons. The van der Waals surface area contributed by atoms with Crippen molar-refractivity contribution in [3.8, 4) is 0 Å². The van der Waals surface area contributed by atoms with Crippen molar-refractivity contribution in [2.24, 2.45) is 0 Å². The molecule has 1 aromatic rings. The maximum Gasteiger partial charge on any atom is 0.152 e. The van der Waals surface area contributed by atoms with Gasteiger partial charge in [0.1, 0.15) is 0 Å². The fourth-order valence-corrected chi connectivity index (χ4v) is 5.17. The van der Waals surface area contributed by atoms with Crippen LogP contribution in [0.5, 0.6) is 0 Å². The maximum atomic E-state index is 11.7. The molecule has 1 aliphatic rings.